The molecule has 14 heavy (non-hydrogen) atoms. The maximum absolute atomic E-state index is 3.36. The molecule has 0 saturated carbocycles. The van der Waals surface area contributed by atoms with Gasteiger partial charge in [0.2, 0.25) is 0 Å². The van der Waals surface area contributed by atoms with Crippen molar-refractivity contribution in [2.24, 2.45) is 0 Å². The van der Waals surface area contributed by atoms with Crippen molar-refractivity contribution in [1.82, 2.24) is 20.9 Å². The molecule has 0 spiro atoms. The van der Waals surface area contributed by atoms with Gasteiger partial charge in [-0.3, -0.25) is 10.0 Å². The van der Waals surface area contributed by atoms with E-state index in [1.54, 1.807) is 11.8 Å². The molecule has 1 fully saturated rings. The Balaban J connectivity index is 0.000000461. The first-order valence-electron chi connectivity index (χ1n) is 5.08. The zero-order chi connectivity index (χ0) is 10.6. The lowest BCUT2D eigenvalue weighted by Gasteiger charge is -2.26. The van der Waals surface area contributed by atoms with Crippen molar-refractivity contribution in [2.45, 2.75) is 13.8 Å². The molecule has 2 heterocycles. The van der Waals surface area contributed by atoms with Crippen LogP contribution in [0.15, 0.2) is 10.7 Å². The summed E-state index contributed by atoms with van der Waals surface area (Å²) < 4.78 is 0. The predicted molar refractivity (Wildman–Crippen MR) is 62.4 cm³/mol. The summed E-state index contributed by atoms with van der Waals surface area (Å²) in [6, 6.07) is 0. The van der Waals surface area contributed by atoms with E-state index in [-0.39, 0.29) is 0 Å². The van der Waals surface area contributed by atoms with Gasteiger partial charge in [-0.1, -0.05) is 13.8 Å². The van der Waals surface area contributed by atoms with Gasteiger partial charge >= 0.3 is 0 Å². The van der Waals surface area contributed by atoms with Crippen LogP contribution in [0.25, 0.3) is 0 Å². The van der Waals surface area contributed by atoms with Crippen LogP contribution in [-0.2, 0) is 0 Å². The number of rotatable bonds is 1. The SMILES string of the molecule is CC.CSC1=C2CNCCN2NN1C. The minimum Gasteiger partial charge on any atom is -0.309 e. The molecule has 0 atom stereocenters. The molecule has 82 valence electrons. The Hall–Kier alpha value is -0.390. The van der Waals surface area contributed by atoms with Crippen molar-refractivity contribution in [1.29, 1.82) is 0 Å². The zero-order valence-corrected chi connectivity index (χ0v) is 10.2. The zero-order valence-electron chi connectivity index (χ0n) is 9.42. The van der Waals surface area contributed by atoms with Crippen molar-refractivity contribution in [2.75, 3.05) is 32.9 Å². The van der Waals surface area contributed by atoms with Crippen LogP contribution >= 0.6 is 11.8 Å². The van der Waals surface area contributed by atoms with Gasteiger partial charge in [-0.15, -0.1) is 17.3 Å². The molecule has 0 bridgehead atoms. The first kappa shape index (κ1) is 11.7. The molecular weight excluding hydrogens is 196 g/mol. The second-order valence-electron chi connectivity index (χ2n) is 2.94. The second-order valence-corrected chi connectivity index (χ2v) is 3.74. The van der Waals surface area contributed by atoms with Crippen LogP contribution in [0, 0.1) is 0 Å². The normalized spacial score (nSPS) is 20.6. The number of thioether (sulfide) groups is 1. The van der Waals surface area contributed by atoms with Gasteiger partial charge in [0.15, 0.2) is 0 Å². The molecule has 0 aromatic heterocycles. The lowest BCUT2D eigenvalue weighted by Crippen LogP contribution is -2.47. The molecule has 0 aliphatic carbocycles. The highest BCUT2D eigenvalue weighted by Crippen LogP contribution is 2.26. The third kappa shape index (κ3) is 2.16. The van der Waals surface area contributed by atoms with Crippen LogP contribution in [0.3, 0.4) is 0 Å². The van der Waals surface area contributed by atoms with Crippen LogP contribution in [0.1, 0.15) is 13.8 Å². The van der Waals surface area contributed by atoms with Gasteiger partial charge in [-0.25, -0.2) is 0 Å². The van der Waals surface area contributed by atoms with Crippen molar-refractivity contribution in [3.8, 4) is 0 Å². The minimum atomic E-state index is 0.980. The van der Waals surface area contributed by atoms with E-state index in [9.17, 15) is 0 Å². The highest BCUT2D eigenvalue weighted by atomic mass is 32.2. The van der Waals surface area contributed by atoms with Gasteiger partial charge in [0, 0.05) is 26.7 Å². The Morgan fingerprint density at radius 3 is 2.71 bits per heavy atom. The van der Waals surface area contributed by atoms with E-state index < -0.39 is 0 Å². The maximum atomic E-state index is 3.36. The molecule has 0 aromatic rings. The Bertz CT molecular complexity index is 217. The van der Waals surface area contributed by atoms with Crippen molar-refractivity contribution in [3.05, 3.63) is 10.7 Å². The third-order valence-corrected chi connectivity index (χ3v) is 3.04. The summed E-state index contributed by atoms with van der Waals surface area (Å²) in [5.41, 5.74) is 4.66. The summed E-state index contributed by atoms with van der Waals surface area (Å²) in [5, 5.41) is 8.97. The fraction of sp³-hybridized carbons (Fsp3) is 0.778. The van der Waals surface area contributed by atoms with Crippen LogP contribution < -0.4 is 10.9 Å². The van der Waals surface area contributed by atoms with Crippen molar-refractivity contribution < 1.29 is 0 Å². The van der Waals surface area contributed by atoms with Crippen molar-refractivity contribution in [3.63, 3.8) is 0 Å². The van der Waals surface area contributed by atoms with Crippen LogP contribution in [-0.4, -0.2) is 43.0 Å². The van der Waals surface area contributed by atoms with Gasteiger partial charge in [0.25, 0.3) is 0 Å². The summed E-state index contributed by atoms with van der Waals surface area (Å²) in [4.78, 5) is 0. The maximum Gasteiger partial charge on any atom is 0.108 e. The number of nitrogens with one attached hydrogen (secondary N) is 2. The summed E-state index contributed by atoms with van der Waals surface area (Å²) >= 11 is 1.79. The third-order valence-electron chi connectivity index (χ3n) is 2.15. The molecule has 1 saturated heterocycles. The number of hydrazine groups is 2. The number of fused-ring (bicyclic) bond motifs is 1. The molecule has 2 aliphatic heterocycles. The van der Waals surface area contributed by atoms with Gasteiger partial charge in [-0.2, -0.15) is 0 Å². The first-order valence-corrected chi connectivity index (χ1v) is 6.31. The summed E-state index contributed by atoms with van der Waals surface area (Å²) in [7, 11) is 2.05. The first-order chi connectivity index (χ1) is 6.83. The standard InChI is InChI=1S/C7H14N4S.C2H6/c1-10-7(12-2)6-5-8-3-4-11(6)9-10;1-2/h8-9H,3-5H2,1-2H3;1-2H3. The molecule has 5 heteroatoms. The van der Waals surface area contributed by atoms with E-state index in [4.69, 9.17) is 0 Å². The van der Waals surface area contributed by atoms with Crippen LogP contribution in [0.4, 0.5) is 0 Å². The highest BCUT2D eigenvalue weighted by Gasteiger charge is 2.27. The lowest BCUT2D eigenvalue weighted by atomic mass is 10.3. The summed E-state index contributed by atoms with van der Waals surface area (Å²) in [6.07, 6.45) is 2.11. The molecule has 0 unspecified atom stereocenters. The van der Waals surface area contributed by atoms with E-state index in [1.165, 1.54) is 10.7 Å². The average molecular weight is 216 g/mol. The lowest BCUT2D eigenvalue weighted by molar-refractivity contribution is 0.138. The van der Waals surface area contributed by atoms with Gasteiger partial charge < -0.3 is 5.32 Å². The Labute approximate surface area is 90.6 Å². The number of hydrogen-bond acceptors (Lipinski definition) is 5. The monoisotopic (exact) mass is 216 g/mol. The van der Waals surface area contributed by atoms with Crippen LogP contribution in [0.5, 0.6) is 0 Å². The Kier molecular flexibility index (Phi) is 4.57. The van der Waals surface area contributed by atoms with E-state index >= 15 is 0 Å². The topological polar surface area (TPSA) is 30.5 Å². The highest BCUT2D eigenvalue weighted by molar-refractivity contribution is 8.02. The largest absolute Gasteiger partial charge is 0.309 e. The fourth-order valence-corrected chi connectivity index (χ4v) is 2.34. The predicted octanol–water partition coefficient (Wildman–Crippen LogP) is 0.815. The molecule has 2 aliphatic rings. The Morgan fingerprint density at radius 2 is 2.07 bits per heavy atom. The minimum absolute atomic E-state index is 0.980. The number of piperazine rings is 1. The quantitative estimate of drug-likeness (QED) is 0.677. The molecular formula is C9H20N4S. The van der Waals surface area contributed by atoms with E-state index in [2.05, 4.69) is 34.2 Å². The summed E-state index contributed by atoms with van der Waals surface area (Å²) in [5.74, 6) is 0. The fourth-order valence-electron chi connectivity index (χ4n) is 1.60. The van der Waals surface area contributed by atoms with Crippen LogP contribution in [0.2, 0.25) is 0 Å². The van der Waals surface area contributed by atoms with E-state index in [1.807, 2.05) is 13.8 Å². The average Bonchev–Trinajstić information content (AvgIpc) is 2.56. The molecule has 2 N–H and O–H groups in total. The number of hydrogen-bond donors (Lipinski definition) is 2. The van der Waals surface area contributed by atoms with E-state index in [0.29, 0.717) is 0 Å². The van der Waals surface area contributed by atoms with Gasteiger partial charge in [-0.05, 0) is 6.26 Å². The summed E-state index contributed by atoms with van der Waals surface area (Å²) in [6.45, 7) is 7.09. The molecule has 2 rings (SSSR count). The molecule has 0 radical (unpaired) electrons. The van der Waals surface area contributed by atoms with Gasteiger partial charge in [0.05, 0.1) is 5.70 Å². The molecule has 4 nitrogen and oxygen atoms in total. The van der Waals surface area contributed by atoms with E-state index in [0.717, 1.165) is 19.6 Å². The van der Waals surface area contributed by atoms with Gasteiger partial charge in [0.1, 0.15) is 5.03 Å². The molecule has 0 aromatic carbocycles. The second kappa shape index (κ2) is 5.48. The number of nitrogens with zero attached hydrogens (tertiary/aromatic N) is 2. The van der Waals surface area contributed by atoms with Crippen molar-refractivity contribution >= 4 is 11.8 Å². The smallest absolute Gasteiger partial charge is 0.108 e. The molecule has 0 amide bonds. The Morgan fingerprint density at radius 1 is 1.36 bits per heavy atom.